The van der Waals surface area contributed by atoms with E-state index in [0.717, 1.165) is 46.6 Å². The Morgan fingerprint density at radius 1 is 0.697 bits per heavy atom. The zero-order valence-electron chi connectivity index (χ0n) is 18.4. The lowest BCUT2D eigenvalue weighted by Crippen LogP contribution is -2.45. The van der Waals surface area contributed by atoms with Crippen molar-refractivity contribution < 1.29 is 4.39 Å². The third-order valence-electron chi connectivity index (χ3n) is 7.05. The molecule has 1 aliphatic rings. The van der Waals surface area contributed by atoms with E-state index >= 15 is 4.39 Å². The largest absolute Gasteiger partial charge is 0.365 e. The Balaban J connectivity index is 1.57. The van der Waals surface area contributed by atoms with Gasteiger partial charge in [0.25, 0.3) is 0 Å². The van der Waals surface area contributed by atoms with E-state index in [0.29, 0.717) is 11.1 Å². The number of alkyl halides is 1. The fourth-order valence-corrected chi connectivity index (χ4v) is 5.41. The molecule has 0 radical (unpaired) electrons. The molecule has 2 heterocycles. The molecule has 1 atom stereocenters. The standard InChI is InChI=1S/C30H25FN2/c31-30(26-13-11-22-6-1-3-8-24(22)20-26,27-14-12-23-7-2-4-9-25(23)21-27)29-10-5-19-33(29)28-15-17-32-18-16-28/h1-4,6-9,11-18,20-21,29H,5,10,19H2/t29-/m0/s1. The van der Waals surface area contributed by atoms with E-state index in [1.165, 1.54) is 0 Å². The first-order valence-corrected chi connectivity index (χ1v) is 11.6. The van der Waals surface area contributed by atoms with Crippen LogP contribution in [0.2, 0.25) is 0 Å². The number of anilines is 1. The Labute approximate surface area is 193 Å². The van der Waals surface area contributed by atoms with Crippen molar-refractivity contribution in [3.63, 3.8) is 0 Å². The number of pyridine rings is 1. The van der Waals surface area contributed by atoms with Gasteiger partial charge in [-0.3, -0.25) is 4.98 Å². The van der Waals surface area contributed by atoms with E-state index in [-0.39, 0.29) is 6.04 Å². The zero-order valence-corrected chi connectivity index (χ0v) is 18.4. The maximum atomic E-state index is 17.9. The molecule has 0 unspecified atom stereocenters. The van der Waals surface area contributed by atoms with Gasteiger partial charge in [0.15, 0.2) is 5.67 Å². The zero-order chi connectivity index (χ0) is 22.3. The summed E-state index contributed by atoms with van der Waals surface area (Å²) in [5, 5.41) is 4.37. The number of halogens is 1. The fourth-order valence-electron chi connectivity index (χ4n) is 5.41. The summed E-state index contributed by atoms with van der Waals surface area (Å²) in [6.07, 6.45) is 5.33. The van der Waals surface area contributed by atoms with E-state index in [9.17, 15) is 0 Å². The van der Waals surface area contributed by atoms with E-state index in [1.807, 2.05) is 72.8 Å². The molecule has 1 fully saturated rings. The average Bonchev–Trinajstić information content (AvgIpc) is 3.39. The molecule has 1 aliphatic heterocycles. The summed E-state index contributed by atoms with van der Waals surface area (Å²) in [7, 11) is 0. The summed E-state index contributed by atoms with van der Waals surface area (Å²) in [5.74, 6) is 0. The molecule has 0 saturated carbocycles. The minimum absolute atomic E-state index is 0.303. The van der Waals surface area contributed by atoms with Gasteiger partial charge in [-0.2, -0.15) is 0 Å². The minimum atomic E-state index is -1.66. The van der Waals surface area contributed by atoms with Gasteiger partial charge in [-0.05, 0) is 69.8 Å². The van der Waals surface area contributed by atoms with Crippen LogP contribution in [0, 0.1) is 0 Å². The second kappa shape index (κ2) is 8.00. The summed E-state index contributed by atoms with van der Waals surface area (Å²) < 4.78 is 17.9. The Morgan fingerprint density at radius 3 is 1.82 bits per heavy atom. The van der Waals surface area contributed by atoms with Gasteiger partial charge >= 0.3 is 0 Å². The Hall–Kier alpha value is -3.72. The molecule has 2 nitrogen and oxygen atoms in total. The molecule has 0 N–H and O–H groups in total. The highest BCUT2D eigenvalue weighted by atomic mass is 19.1. The van der Waals surface area contributed by atoms with Crippen molar-refractivity contribution in [3.8, 4) is 0 Å². The van der Waals surface area contributed by atoms with Crippen LogP contribution >= 0.6 is 0 Å². The maximum absolute atomic E-state index is 17.9. The van der Waals surface area contributed by atoms with Crippen molar-refractivity contribution in [1.29, 1.82) is 0 Å². The van der Waals surface area contributed by atoms with Crippen LogP contribution in [0.3, 0.4) is 0 Å². The number of fused-ring (bicyclic) bond motifs is 2. The molecule has 3 heteroatoms. The van der Waals surface area contributed by atoms with Crippen LogP contribution in [0.15, 0.2) is 109 Å². The lowest BCUT2D eigenvalue weighted by Gasteiger charge is -2.39. The molecule has 4 aromatic carbocycles. The van der Waals surface area contributed by atoms with E-state index < -0.39 is 5.67 Å². The summed E-state index contributed by atoms with van der Waals surface area (Å²) in [4.78, 5) is 6.40. The Bertz CT molecular complexity index is 1350. The fraction of sp³-hybridized carbons (Fsp3) is 0.167. The number of hydrogen-bond donors (Lipinski definition) is 0. The molecule has 1 saturated heterocycles. The first kappa shape index (κ1) is 19.9. The van der Waals surface area contributed by atoms with Gasteiger partial charge < -0.3 is 4.90 Å². The highest BCUT2D eigenvalue weighted by Gasteiger charge is 2.48. The van der Waals surface area contributed by atoms with Crippen LogP contribution in [0.4, 0.5) is 10.1 Å². The topological polar surface area (TPSA) is 16.1 Å². The first-order chi connectivity index (χ1) is 16.2. The molecule has 0 spiro atoms. The van der Waals surface area contributed by atoms with Gasteiger partial charge in [0.1, 0.15) is 0 Å². The van der Waals surface area contributed by atoms with Gasteiger partial charge in [0.05, 0.1) is 6.04 Å². The maximum Gasteiger partial charge on any atom is 0.181 e. The van der Waals surface area contributed by atoms with E-state index in [1.54, 1.807) is 12.4 Å². The smallest absolute Gasteiger partial charge is 0.181 e. The quantitative estimate of drug-likeness (QED) is 0.297. The number of benzene rings is 4. The van der Waals surface area contributed by atoms with E-state index in [4.69, 9.17) is 0 Å². The van der Waals surface area contributed by atoms with Crippen LogP contribution in [0.1, 0.15) is 24.0 Å². The molecule has 0 bridgehead atoms. The van der Waals surface area contributed by atoms with Crippen LogP contribution < -0.4 is 4.90 Å². The predicted octanol–water partition coefficient (Wildman–Crippen LogP) is 7.27. The molecule has 0 aliphatic carbocycles. The molecule has 0 amide bonds. The summed E-state index contributed by atoms with van der Waals surface area (Å²) in [6.45, 7) is 0.835. The van der Waals surface area contributed by atoms with Crippen molar-refractivity contribution in [2.24, 2.45) is 0 Å². The van der Waals surface area contributed by atoms with Crippen LogP contribution in [-0.2, 0) is 5.67 Å². The third kappa shape index (κ3) is 3.36. The summed E-state index contributed by atoms with van der Waals surface area (Å²) in [6, 6.07) is 32.1. The van der Waals surface area contributed by atoms with Crippen molar-refractivity contribution in [2.75, 3.05) is 11.4 Å². The molecule has 5 aromatic rings. The Morgan fingerprint density at radius 2 is 1.24 bits per heavy atom. The minimum Gasteiger partial charge on any atom is -0.365 e. The van der Waals surface area contributed by atoms with Crippen LogP contribution in [0.5, 0.6) is 0 Å². The normalized spacial score (nSPS) is 16.5. The van der Waals surface area contributed by atoms with Gasteiger partial charge in [-0.15, -0.1) is 0 Å². The van der Waals surface area contributed by atoms with E-state index in [2.05, 4.69) is 34.1 Å². The summed E-state index contributed by atoms with van der Waals surface area (Å²) >= 11 is 0. The Kier molecular flexibility index (Phi) is 4.83. The number of hydrogen-bond acceptors (Lipinski definition) is 2. The summed E-state index contributed by atoms with van der Waals surface area (Å²) in [5.41, 5.74) is 0.786. The second-order valence-electron chi connectivity index (χ2n) is 8.89. The predicted molar refractivity (Wildman–Crippen MR) is 134 cm³/mol. The average molecular weight is 433 g/mol. The van der Waals surface area contributed by atoms with Gasteiger partial charge in [0, 0.05) is 24.6 Å². The van der Waals surface area contributed by atoms with Crippen molar-refractivity contribution in [2.45, 2.75) is 24.6 Å². The third-order valence-corrected chi connectivity index (χ3v) is 7.05. The lowest BCUT2D eigenvalue weighted by molar-refractivity contribution is 0.177. The van der Waals surface area contributed by atoms with Crippen molar-refractivity contribution in [3.05, 3.63) is 121 Å². The monoisotopic (exact) mass is 432 g/mol. The molecule has 162 valence electrons. The highest BCUT2D eigenvalue weighted by molar-refractivity contribution is 5.85. The second-order valence-corrected chi connectivity index (χ2v) is 8.89. The number of aromatic nitrogens is 1. The van der Waals surface area contributed by atoms with Crippen molar-refractivity contribution in [1.82, 2.24) is 4.98 Å². The van der Waals surface area contributed by atoms with Crippen LogP contribution in [0.25, 0.3) is 21.5 Å². The van der Waals surface area contributed by atoms with Gasteiger partial charge in [0.2, 0.25) is 0 Å². The van der Waals surface area contributed by atoms with Gasteiger partial charge in [-0.1, -0.05) is 72.8 Å². The SMILES string of the molecule is FC(c1ccc2ccccc2c1)(c1ccc2ccccc2c1)[C@@H]1CCCN1c1ccncc1. The van der Waals surface area contributed by atoms with Crippen LogP contribution in [-0.4, -0.2) is 17.6 Å². The van der Waals surface area contributed by atoms with Gasteiger partial charge in [-0.25, -0.2) is 4.39 Å². The highest BCUT2D eigenvalue weighted by Crippen LogP contribution is 2.46. The molecule has 1 aromatic heterocycles. The number of rotatable bonds is 4. The molecule has 33 heavy (non-hydrogen) atoms. The first-order valence-electron chi connectivity index (χ1n) is 11.6. The molecule has 6 rings (SSSR count). The lowest BCUT2D eigenvalue weighted by atomic mass is 9.79. The number of nitrogens with zero attached hydrogens (tertiary/aromatic N) is 2. The van der Waals surface area contributed by atoms with Crippen molar-refractivity contribution >= 4 is 27.2 Å². The molecular formula is C30H25FN2. The molecular weight excluding hydrogens is 407 g/mol.